The maximum Gasteiger partial charge on any atom is 0.179 e. The smallest absolute Gasteiger partial charge is 0.179 e. The molecule has 0 saturated carbocycles. The van der Waals surface area contributed by atoms with Gasteiger partial charge in [-0.05, 0) is 26.8 Å². The second-order valence-corrected chi connectivity index (χ2v) is 6.64. The second kappa shape index (κ2) is 2.73. The second-order valence-electron chi connectivity index (χ2n) is 3.88. The molecule has 0 amide bonds. The van der Waals surface area contributed by atoms with Crippen LogP contribution in [0.25, 0.3) is 0 Å². The Kier molecular flexibility index (Phi) is 2.17. The van der Waals surface area contributed by atoms with E-state index >= 15 is 0 Å². The van der Waals surface area contributed by atoms with Crippen LogP contribution in [0.3, 0.4) is 0 Å². The molecule has 2 nitrogen and oxygen atoms in total. The van der Waals surface area contributed by atoms with Gasteiger partial charge in [-0.25, -0.2) is 8.42 Å². The molecule has 0 radical (unpaired) electrons. The van der Waals surface area contributed by atoms with Crippen LogP contribution in [0.15, 0.2) is 23.1 Å². The van der Waals surface area contributed by atoms with Crippen LogP contribution < -0.4 is 0 Å². The molecule has 0 fully saturated rings. The topological polar surface area (TPSA) is 34.1 Å². The molecule has 0 spiro atoms. The fourth-order valence-corrected chi connectivity index (χ4v) is 2.38. The van der Waals surface area contributed by atoms with Crippen molar-refractivity contribution in [3.05, 3.63) is 23.1 Å². The third-order valence-corrected chi connectivity index (χ3v) is 4.49. The average Bonchev–Trinajstić information content (AvgIpc) is 2.34. The minimum Gasteiger partial charge on any atom is -0.223 e. The summed E-state index contributed by atoms with van der Waals surface area (Å²) in [6.07, 6.45) is 5.89. The molecule has 0 N–H and O–H groups in total. The van der Waals surface area contributed by atoms with Crippen LogP contribution in [0.1, 0.15) is 27.2 Å². The highest BCUT2D eigenvalue weighted by atomic mass is 32.2. The zero-order valence-corrected chi connectivity index (χ0v) is 8.48. The lowest BCUT2D eigenvalue weighted by atomic mass is 10.3. The molecular weight excluding hydrogens is 172 g/mol. The first-order valence-corrected chi connectivity index (χ1v) is 5.44. The number of hydrogen-bond donors (Lipinski definition) is 0. The van der Waals surface area contributed by atoms with Crippen LogP contribution in [0.5, 0.6) is 0 Å². The number of allylic oxidation sites excluding steroid dienone is 4. The highest BCUT2D eigenvalue weighted by molar-refractivity contribution is 7.96. The normalized spacial score (nSPS) is 18.1. The molecule has 1 rings (SSSR count). The zero-order valence-electron chi connectivity index (χ0n) is 7.66. The quantitative estimate of drug-likeness (QED) is 0.628. The van der Waals surface area contributed by atoms with E-state index in [1.54, 1.807) is 32.9 Å². The summed E-state index contributed by atoms with van der Waals surface area (Å²) in [5, 5.41) is 0. The summed E-state index contributed by atoms with van der Waals surface area (Å²) < 4.78 is 22.8. The van der Waals surface area contributed by atoms with E-state index in [1.165, 1.54) is 0 Å². The molecule has 12 heavy (non-hydrogen) atoms. The van der Waals surface area contributed by atoms with Crippen molar-refractivity contribution in [1.82, 2.24) is 0 Å². The lowest BCUT2D eigenvalue weighted by molar-refractivity contribution is 0.566. The van der Waals surface area contributed by atoms with E-state index in [4.69, 9.17) is 0 Å². The van der Waals surface area contributed by atoms with Crippen molar-refractivity contribution in [1.29, 1.82) is 0 Å². The van der Waals surface area contributed by atoms with Crippen LogP contribution in [-0.4, -0.2) is 13.2 Å². The van der Waals surface area contributed by atoms with Gasteiger partial charge in [0.2, 0.25) is 0 Å². The van der Waals surface area contributed by atoms with Gasteiger partial charge in [0.25, 0.3) is 0 Å². The number of sulfone groups is 1. The van der Waals surface area contributed by atoms with Crippen LogP contribution in [0, 0.1) is 0 Å². The summed E-state index contributed by atoms with van der Waals surface area (Å²) in [6.45, 7) is 5.17. The molecule has 0 unspecified atom stereocenters. The maximum absolute atomic E-state index is 11.7. The minimum absolute atomic E-state index is 0.537. The summed E-state index contributed by atoms with van der Waals surface area (Å²) >= 11 is 0. The first kappa shape index (κ1) is 9.52. The van der Waals surface area contributed by atoms with Crippen molar-refractivity contribution in [3.8, 4) is 0 Å². The van der Waals surface area contributed by atoms with Crippen LogP contribution in [0.4, 0.5) is 0 Å². The number of hydrogen-bond acceptors (Lipinski definition) is 2. The van der Waals surface area contributed by atoms with Gasteiger partial charge in [-0.2, -0.15) is 0 Å². The molecule has 3 heteroatoms. The van der Waals surface area contributed by atoms with Gasteiger partial charge in [0.05, 0.1) is 4.75 Å². The molecule has 0 aromatic heterocycles. The molecule has 1 aliphatic carbocycles. The lowest BCUT2D eigenvalue weighted by Gasteiger charge is -2.19. The Bertz CT molecular complexity index is 326. The van der Waals surface area contributed by atoms with Crippen molar-refractivity contribution in [2.75, 3.05) is 0 Å². The van der Waals surface area contributed by atoms with Gasteiger partial charge in [0.1, 0.15) is 0 Å². The third kappa shape index (κ3) is 1.46. The molecular formula is C9H14O2S. The van der Waals surface area contributed by atoms with E-state index in [1.807, 2.05) is 6.08 Å². The molecule has 0 heterocycles. The zero-order chi connectivity index (χ0) is 9.41. The summed E-state index contributed by atoms with van der Waals surface area (Å²) in [4.78, 5) is 0.537. The predicted octanol–water partition coefficient (Wildman–Crippen LogP) is 2.04. The Morgan fingerprint density at radius 2 is 1.92 bits per heavy atom. The first-order chi connectivity index (χ1) is 5.36. The minimum atomic E-state index is -3.08. The maximum atomic E-state index is 11.7. The van der Waals surface area contributed by atoms with E-state index < -0.39 is 14.6 Å². The van der Waals surface area contributed by atoms with Gasteiger partial charge in [0, 0.05) is 11.3 Å². The molecule has 1 aliphatic rings. The van der Waals surface area contributed by atoms with E-state index in [0.29, 0.717) is 11.3 Å². The van der Waals surface area contributed by atoms with E-state index in [-0.39, 0.29) is 0 Å². The molecule has 68 valence electrons. The highest BCUT2D eigenvalue weighted by Gasteiger charge is 2.32. The Morgan fingerprint density at radius 3 is 2.25 bits per heavy atom. The van der Waals surface area contributed by atoms with Crippen molar-refractivity contribution in [3.63, 3.8) is 0 Å². The summed E-state index contributed by atoms with van der Waals surface area (Å²) in [5.74, 6) is 0. The molecule has 0 atom stereocenters. The Morgan fingerprint density at radius 1 is 1.33 bits per heavy atom. The van der Waals surface area contributed by atoms with E-state index in [2.05, 4.69) is 0 Å². The van der Waals surface area contributed by atoms with Crippen LogP contribution in [0.2, 0.25) is 0 Å². The Balaban J connectivity index is 3.04. The predicted molar refractivity (Wildman–Crippen MR) is 50.5 cm³/mol. The Hall–Kier alpha value is -0.570. The summed E-state index contributed by atoms with van der Waals surface area (Å²) in [6, 6.07) is 0. The first-order valence-electron chi connectivity index (χ1n) is 3.96. The van der Waals surface area contributed by atoms with Gasteiger partial charge in [-0.3, -0.25) is 0 Å². The molecule has 0 aromatic carbocycles. The monoisotopic (exact) mass is 186 g/mol. The van der Waals surface area contributed by atoms with Crippen molar-refractivity contribution < 1.29 is 8.42 Å². The van der Waals surface area contributed by atoms with Crippen molar-refractivity contribution >= 4 is 9.84 Å². The number of rotatable bonds is 1. The van der Waals surface area contributed by atoms with Crippen LogP contribution >= 0.6 is 0 Å². The highest BCUT2D eigenvalue weighted by Crippen LogP contribution is 2.28. The van der Waals surface area contributed by atoms with E-state index in [9.17, 15) is 8.42 Å². The molecule has 0 aliphatic heterocycles. The largest absolute Gasteiger partial charge is 0.223 e. The van der Waals surface area contributed by atoms with Crippen molar-refractivity contribution in [2.24, 2.45) is 0 Å². The SMILES string of the molecule is CC(C)(C)S(=O)(=O)C1=CC=CC1. The molecule has 0 aromatic rings. The fraction of sp³-hybridized carbons (Fsp3) is 0.556. The lowest BCUT2D eigenvalue weighted by Crippen LogP contribution is -2.28. The van der Waals surface area contributed by atoms with Gasteiger partial charge in [-0.15, -0.1) is 0 Å². The van der Waals surface area contributed by atoms with Gasteiger partial charge < -0.3 is 0 Å². The summed E-state index contributed by atoms with van der Waals surface area (Å²) in [7, 11) is -3.08. The van der Waals surface area contributed by atoms with E-state index in [0.717, 1.165) is 0 Å². The summed E-state index contributed by atoms with van der Waals surface area (Å²) in [5.41, 5.74) is 0. The van der Waals surface area contributed by atoms with Crippen LogP contribution in [-0.2, 0) is 9.84 Å². The van der Waals surface area contributed by atoms with Gasteiger partial charge in [0.15, 0.2) is 9.84 Å². The van der Waals surface area contributed by atoms with Crippen molar-refractivity contribution in [2.45, 2.75) is 31.9 Å². The third-order valence-electron chi connectivity index (χ3n) is 1.89. The molecule has 0 bridgehead atoms. The standard InChI is InChI=1S/C9H14O2S/c1-9(2,3)12(10,11)8-6-4-5-7-8/h4-6H,7H2,1-3H3. The van der Waals surface area contributed by atoms with Gasteiger partial charge in [-0.1, -0.05) is 12.2 Å². The fourth-order valence-electron chi connectivity index (χ4n) is 1.02. The Labute approximate surface area is 73.9 Å². The average molecular weight is 186 g/mol. The van der Waals surface area contributed by atoms with Gasteiger partial charge >= 0.3 is 0 Å². The molecule has 0 saturated heterocycles.